The van der Waals surface area contributed by atoms with Crippen LogP contribution in [0.5, 0.6) is 0 Å². The summed E-state index contributed by atoms with van der Waals surface area (Å²) in [5, 5.41) is 8.38. The highest BCUT2D eigenvalue weighted by Gasteiger charge is 2.32. The summed E-state index contributed by atoms with van der Waals surface area (Å²) in [7, 11) is -4.57. The van der Waals surface area contributed by atoms with Crippen LogP contribution >= 0.6 is 0 Å². The van der Waals surface area contributed by atoms with Crippen molar-refractivity contribution in [2.75, 3.05) is 19.6 Å². The molecular formula is C7H9F3N2O4S. The molecule has 0 amide bonds. The van der Waals surface area contributed by atoms with Crippen molar-refractivity contribution in [3.63, 3.8) is 0 Å². The molecule has 0 unspecified atom stereocenters. The van der Waals surface area contributed by atoms with Gasteiger partial charge in [0.1, 0.15) is 13.1 Å². The first kappa shape index (κ1) is 15.7. The fourth-order valence-corrected chi connectivity index (χ4v) is 1.80. The first-order chi connectivity index (χ1) is 7.58. The van der Waals surface area contributed by atoms with Crippen LogP contribution in [0.1, 0.15) is 0 Å². The first-order valence-electron chi connectivity index (χ1n) is 4.05. The van der Waals surface area contributed by atoms with Crippen LogP contribution in [-0.2, 0) is 15.0 Å². The SMILES string of the molecule is C#CCN(CC(=O)O)S(=O)(=O)NCC(F)(F)F. The second-order valence-electron chi connectivity index (χ2n) is 2.81. The summed E-state index contributed by atoms with van der Waals surface area (Å²) in [5.74, 6) is 0.309. The van der Waals surface area contributed by atoms with Crippen LogP contribution in [0.3, 0.4) is 0 Å². The molecule has 0 heterocycles. The van der Waals surface area contributed by atoms with Gasteiger partial charge in [-0.1, -0.05) is 5.92 Å². The predicted molar refractivity (Wildman–Crippen MR) is 51.0 cm³/mol. The molecule has 2 N–H and O–H groups in total. The van der Waals surface area contributed by atoms with Gasteiger partial charge in [-0.05, 0) is 0 Å². The molecule has 0 aliphatic carbocycles. The Morgan fingerprint density at radius 3 is 2.35 bits per heavy atom. The predicted octanol–water partition coefficient (Wildman–Crippen LogP) is -0.597. The van der Waals surface area contributed by atoms with Gasteiger partial charge in [0, 0.05) is 0 Å². The zero-order valence-corrected chi connectivity index (χ0v) is 9.18. The van der Waals surface area contributed by atoms with Gasteiger partial charge < -0.3 is 5.11 Å². The Morgan fingerprint density at radius 2 is 2.00 bits per heavy atom. The van der Waals surface area contributed by atoms with Gasteiger partial charge in [-0.3, -0.25) is 4.79 Å². The standard InChI is InChI=1S/C7H9F3N2O4S/c1-2-3-12(4-6(13)14)17(15,16)11-5-7(8,9)10/h1,11H,3-5H2,(H,13,14). The normalized spacial score (nSPS) is 12.4. The topological polar surface area (TPSA) is 86.7 Å². The molecule has 10 heteroatoms. The maximum atomic E-state index is 11.8. The van der Waals surface area contributed by atoms with Gasteiger partial charge in [0.25, 0.3) is 10.2 Å². The quantitative estimate of drug-likeness (QED) is 0.633. The number of rotatable bonds is 6. The van der Waals surface area contributed by atoms with Gasteiger partial charge in [-0.2, -0.15) is 30.6 Å². The summed E-state index contributed by atoms with van der Waals surface area (Å²) in [6.45, 7) is -3.45. The number of halogens is 3. The molecule has 98 valence electrons. The van der Waals surface area contributed by atoms with E-state index in [9.17, 15) is 26.4 Å². The molecule has 6 nitrogen and oxygen atoms in total. The molecule has 0 aliphatic rings. The van der Waals surface area contributed by atoms with Crippen molar-refractivity contribution in [2.24, 2.45) is 0 Å². The van der Waals surface area contributed by atoms with E-state index >= 15 is 0 Å². The molecule has 0 spiro atoms. The molecule has 0 aliphatic heterocycles. The van der Waals surface area contributed by atoms with Crippen molar-refractivity contribution in [1.29, 1.82) is 0 Å². The second-order valence-corrected chi connectivity index (χ2v) is 4.56. The molecule has 0 aromatic carbocycles. The van der Waals surface area contributed by atoms with Crippen LogP contribution in [0.2, 0.25) is 0 Å². The molecule has 0 aromatic heterocycles. The van der Waals surface area contributed by atoms with Gasteiger partial charge in [0.2, 0.25) is 0 Å². The summed E-state index contributed by atoms with van der Waals surface area (Å²) in [6.07, 6.45) is 0.0467. The van der Waals surface area contributed by atoms with Crippen molar-refractivity contribution in [2.45, 2.75) is 6.18 Å². The van der Waals surface area contributed by atoms with Crippen molar-refractivity contribution < 1.29 is 31.5 Å². The zero-order chi connectivity index (χ0) is 13.7. The van der Waals surface area contributed by atoms with Crippen molar-refractivity contribution in [3.05, 3.63) is 0 Å². The molecule has 0 aromatic rings. The third kappa shape index (κ3) is 6.77. The Morgan fingerprint density at radius 1 is 1.47 bits per heavy atom. The van der Waals surface area contributed by atoms with Gasteiger partial charge in [-0.15, -0.1) is 6.42 Å². The number of carbonyl (C=O) groups is 1. The number of nitrogens with zero attached hydrogens (tertiary/aromatic N) is 1. The Balaban J connectivity index is 4.73. The lowest BCUT2D eigenvalue weighted by atomic mass is 10.6. The number of hydrogen-bond donors (Lipinski definition) is 2. The summed E-state index contributed by atoms with van der Waals surface area (Å²) in [5.41, 5.74) is 0. The average molecular weight is 274 g/mol. The van der Waals surface area contributed by atoms with E-state index in [2.05, 4.69) is 0 Å². The first-order valence-corrected chi connectivity index (χ1v) is 5.49. The second kappa shape index (κ2) is 5.85. The molecular weight excluding hydrogens is 265 g/mol. The molecule has 0 atom stereocenters. The molecule has 0 fully saturated rings. The Bertz CT molecular complexity index is 412. The zero-order valence-electron chi connectivity index (χ0n) is 8.36. The van der Waals surface area contributed by atoms with E-state index in [-0.39, 0.29) is 4.31 Å². The van der Waals surface area contributed by atoms with Crippen LogP contribution in [0.25, 0.3) is 0 Å². The van der Waals surface area contributed by atoms with E-state index in [4.69, 9.17) is 11.5 Å². The van der Waals surface area contributed by atoms with Crippen molar-refractivity contribution >= 4 is 16.2 Å². The fourth-order valence-electron chi connectivity index (χ4n) is 0.743. The summed E-state index contributed by atoms with van der Waals surface area (Å²) in [4.78, 5) is 10.3. The van der Waals surface area contributed by atoms with E-state index in [1.807, 2.05) is 5.92 Å². The third-order valence-corrected chi connectivity index (χ3v) is 2.82. The average Bonchev–Trinajstić information content (AvgIpc) is 2.13. The summed E-state index contributed by atoms with van der Waals surface area (Å²) in [6, 6.07) is 0. The van der Waals surface area contributed by atoms with E-state index in [0.29, 0.717) is 0 Å². The van der Waals surface area contributed by atoms with Crippen LogP contribution in [0.4, 0.5) is 13.2 Å². The van der Waals surface area contributed by atoms with Gasteiger partial charge in [-0.25, -0.2) is 0 Å². The number of nitrogens with one attached hydrogen (secondary N) is 1. The highest BCUT2D eigenvalue weighted by Crippen LogP contribution is 2.13. The lowest BCUT2D eigenvalue weighted by Gasteiger charge is -2.18. The fraction of sp³-hybridized carbons (Fsp3) is 0.571. The number of carboxylic acid groups (broad SMARTS) is 1. The Kier molecular flexibility index (Phi) is 5.40. The van der Waals surface area contributed by atoms with Crippen LogP contribution < -0.4 is 4.72 Å². The number of aliphatic carboxylic acids is 1. The molecule has 0 radical (unpaired) electrons. The maximum absolute atomic E-state index is 11.8. The van der Waals surface area contributed by atoms with Crippen LogP contribution in [0, 0.1) is 12.3 Å². The lowest BCUT2D eigenvalue weighted by Crippen LogP contribution is -2.46. The smallest absolute Gasteiger partial charge is 0.402 e. The number of alkyl halides is 3. The number of terminal acetylenes is 1. The lowest BCUT2D eigenvalue weighted by molar-refractivity contribution is -0.137. The third-order valence-electron chi connectivity index (χ3n) is 1.37. The highest BCUT2D eigenvalue weighted by molar-refractivity contribution is 7.87. The summed E-state index contributed by atoms with van der Waals surface area (Å²) < 4.78 is 59.3. The largest absolute Gasteiger partial charge is 0.480 e. The summed E-state index contributed by atoms with van der Waals surface area (Å²) >= 11 is 0. The molecule has 0 bridgehead atoms. The Hall–Kier alpha value is -1.31. The van der Waals surface area contributed by atoms with Crippen LogP contribution in [-0.4, -0.2) is 49.6 Å². The van der Waals surface area contributed by atoms with E-state index in [1.165, 1.54) is 4.72 Å². The van der Waals surface area contributed by atoms with Gasteiger partial charge in [0.05, 0.1) is 6.54 Å². The molecule has 0 saturated heterocycles. The molecule has 0 saturated carbocycles. The highest BCUT2D eigenvalue weighted by atomic mass is 32.2. The van der Waals surface area contributed by atoms with Gasteiger partial charge >= 0.3 is 12.1 Å². The monoisotopic (exact) mass is 274 g/mol. The van der Waals surface area contributed by atoms with Gasteiger partial charge in [0.15, 0.2) is 0 Å². The minimum Gasteiger partial charge on any atom is -0.480 e. The van der Waals surface area contributed by atoms with E-state index in [1.54, 1.807) is 0 Å². The number of hydrogen-bond acceptors (Lipinski definition) is 3. The minimum atomic E-state index is -4.74. The molecule has 17 heavy (non-hydrogen) atoms. The molecule has 0 rings (SSSR count). The van der Waals surface area contributed by atoms with Crippen LogP contribution in [0.15, 0.2) is 0 Å². The number of carboxylic acids is 1. The maximum Gasteiger partial charge on any atom is 0.402 e. The van der Waals surface area contributed by atoms with E-state index in [0.717, 1.165) is 0 Å². The minimum absolute atomic E-state index is 0.209. The van der Waals surface area contributed by atoms with Crippen molar-refractivity contribution in [3.8, 4) is 12.3 Å². The van der Waals surface area contributed by atoms with E-state index < -0.39 is 42.0 Å². The Labute approximate surface area is 95.6 Å². The van der Waals surface area contributed by atoms with Crippen molar-refractivity contribution in [1.82, 2.24) is 9.03 Å².